The lowest BCUT2D eigenvalue weighted by atomic mass is 9.84. The van der Waals surface area contributed by atoms with E-state index >= 15 is 0 Å². The summed E-state index contributed by atoms with van der Waals surface area (Å²) in [4.78, 5) is 4.17. The van der Waals surface area contributed by atoms with E-state index in [9.17, 15) is 0 Å². The number of pyridine rings is 1. The Balaban J connectivity index is 2.50. The van der Waals surface area contributed by atoms with E-state index in [1.165, 1.54) is 0 Å². The third kappa shape index (κ3) is 2.22. The second-order valence-electron chi connectivity index (χ2n) is 4.62. The first-order chi connectivity index (χ1) is 8.55. The number of nitrogens with two attached hydrogens (primary N) is 1. The highest BCUT2D eigenvalue weighted by molar-refractivity contribution is 5.42. The number of aromatic nitrogens is 1. The third-order valence-electron chi connectivity index (χ3n) is 3.27. The van der Waals surface area contributed by atoms with Crippen LogP contribution in [0, 0.1) is 6.92 Å². The number of hydrogen-bond donors (Lipinski definition) is 1. The van der Waals surface area contributed by atoms with Crippen molar-refractivity contribution in [1.29, 1.82) is 0 Å². The molecule has 1 atom stereocenters. The van der Waals surface area contributed by atoms with Crippen molar-refractivity contribution in [3.05, 3.63) is 59.4 Å². The Labute approximate surface area is 108 Å². The van der Waals surface area contributed by atoms with Gasteiger partial charge in [-0.05, 0) is 48.7 Å². The van der Waals surface area contributed by atoms with Crippen molar-refractivity contribution < 1.29 is 4.74 Å². The molecule has 1 aromatic heterocycles. The van der Waals surface area contributed by atoms with E-state index in [0.717, 1.165) is 22.4 Å². The number of methoxy groups -OCH3 is 1. The number of aryl methyl sites for hydroxylation is 1. The van der Waals surface area contributed by atoms with Gasteiger partial charge < -0.3 is 10.5 Å². The zero-order valence-electron chi connectivity index (χ0n) is 11.0. The van der Waals surface area contributed by atoms with Gasteiger partial charge in [0.25, 0.3) is 0 Å². The van der Waals surface area contributed by atoms with E-state index in [0.29, 0.717) is 0 Å². The second-order valence-corrected chi connectivity index (χ2v) is 4.62. The van der Waals surface area contributed by atoms with Crippen LogP contribution in [0.15, 0.2) is 42.7 Å². The van der Waals surface area contributed by atoms with Gasteiger partial charge in [-0.15, -0.1) is 0 Å². The van der Waals surface area contributed by atoms with E-state index in [1.807, 2.05) is 50.4 Å². The first-order valence-electron chi connectivity index (χ1n) is 5.90. The Morgan fingerprint density at radius 1 is 1.28 bits per heavy atom. The van der Waals surface area contributed by atoms with Crippen LogP contribution >= 0.6 is 0 Å². The number of rotatable bonds is 3. The number of nitrogens with zero attached hydrogens (tertiary/aromatic N) is 1. The van der Waals surface area contributed by atoms with Crippen LogP contribution in [-0.4, -0.2) is 12.1 Å². The highest BCUT2D eigenvalue weighted by Crippen LogP contribution is 2.30. The summed E-state index contributed by atoms with van der Waals surface area (Å²) in [5, 5.41) is 0. The number of hydrogen-bond acceptors (Lipinski definition) is 3. The highest BCUT2D eigenvalue weighted by atomic mass is 16.5. The predicted octanol–water partition coefficient (Wildman–Crippen LogP) is 2.62. The van der Waals surface area contributed by atoms with Gasteiger partial charge in [0.1, 0.15) is 5.75 Å². The first-order valence-corrected chi connectivity index (χ1v) is 5.90. The van der Waals surface area contributed by atoms with Gasteiger partial charge in [0.15, 0.2) is 0 Å². The Morgan fingerprint density at radius 2 is 2.06 bits per heavy atom. The highest BCUT2D eigenvalue weighted by Gasteiger charge is 2.25. The van der Waals surface area contributed by atoms with E-state index in [2.05, 4.69) is 4.98 Å². The SMILES string of the molecule is COc1cccc(C(C)(N)c2cnccc2C)c1. The quantitative estimate of drug-likeness (QED) is 0.900. The van der Waals surface area contributed by atoms with Crippen LogP contribution in [0.25, 0.3) is 0 Å². The minimum atomic E-state index is -0.577. The average Bonchev–Trinajstić information content (AvgIpc) is 2.39. The molecule has 3 heteroatoms. The summed E-state index contributed by atoms with van der Waals surface area (Å²) in [6.07, 6.45) is 3.61. The summed E-state index contributed by atoms with van der Waals surface area (Å²) in [5.74, 6) is 0.811. The van der Waals surface area contributed by atoms with Gasteiger partial charge in [-0.2, -0.15) is 0 Å². The molecule has 2 aromatic rings. The molecule has 0 bridgehead atoms. The van der Waals surface area contributed by atoms with Crippen molar-refractivity contribution in [2.45, 2.75) is 19.4 Å². The number of benzene rings is 1. The molecule has 3 nitrogen and oxygen atoms in total. The van der Waals surface area contributed by atoms with Gasteiger partial charge in [0, 0.05) is 12.4 Å². The summed E-state index contributed by atoms with van der Waals surface area (Å²) in [5.41, 5.74) is 9.09. The maximum absolute atomic E-state index is 6.49. The van der Waals surface area contributed by atoms with E-state index in [-0.39, 0.29) is 0 Å². The molecule has 0 spiro atoms. The largest absolute Gasteiger partial charge is 0.497 e. The van der Waals surface area contributed by atoms with Crippen molar-refractivity contribution in [2.24, 2.45) is 5.73 Å². The first kappa shape index (κ1) is 12.6. The molecule has 1 unspecified atom stereocenters. The maximum atomic E-state index is 6.49. The second kappa shape index (κ2) is 4.78. The summed E-state index contributed by atoms with van der Waals surface area (Å²) in [6, 6.07) is 9.81. The molecule has 94 valence electrons. The molecule has 0 saturated heterocycles. The Hall–Kier alpha value is -1.87. The van der Waals surface area contributed by atoms with Gasteiger partial charge in [0.05, 0.1) is 12.6 Å². The summed E-state index contributed by atoms with van der Waals surface area (Å²) in [7, 11) is 1.66. The van der Waals surface area contributed by atoms with Crippen molar-refractivity contribution in [3.8, 4) is 5.75 Å². The minimum absolute atomic E-state index is 0.577. The van der Waals surface area contributed by atoms with Crippen LogP contribution in [-0.2, 0) is 5.54 Å². The van der Waals surface area contributed by atoms with Crippen molar-refractivity contribution in [2.75, 3.05) is 7.11 Å². The van der Waals surface area contributed by atoms with Crippen molar-refractivity contribution in [1.82, 2.24) is 4.98 Å². The predicted molar refractivity (Wildman–Crippen MR) is 72.6 cm³/mol. The van der Waals surface area contributed by atoms with Gasteiger partial charge in [-0.25, -0.2) is 0 Å². The molecule has 0 fully saturated rings. The fourth-order valence-corrected chi connectivity index (χ4v) is 2.11. The monoisotopic (exact) mass is 242 g/mol. The third-order valence-corrected chi connectivity index (χ3v) is 3.27. The molecule has 1 aromatic carbocycles. The lowest BCUT2D eigenvalue weighted by molar-refractivity contribution is 0.413. The van der Waals surface area contributed by atoms with E-state index < -0.39 is 5.54 Å². The van der Waals surface area contributed by atoms with Crippen LogP contribution < -0.4 is 10.5 Å². The molecule has 0 aliphatic rings. The van der Waals surface area contributed by atoms with E-state index in [4.69, 9.17) is 10.5 Å². The fraction of sp³-hybridized carbons (Fsp3) is 0.267. The fourth-order valence-electron chi connectivity index (χ4n) is 2.11. The lowest BCUT2D eigenvalue weighted by Gasteiger charge is -2.27. The lowest BCUT2D eigenvalue weighted by Crippen LogP contribution is -2.35. The molecule has 0 amide bonds. The van der Waals surface area contributed by atoms with Crippen LogP contribution in [0.3, 0.4) is 0 Å². The molecule has 0 radical (unpaired) electrons. The molecular formula is C15H18N2O. The molecule has 0 aliphatic heterocycles. The summed E-state index contributed by atoms with van der Waals surface area (Å²) >= 11 is 0. The van der Waals surface area contributed by atoms with Crippen LogP contribution in [0.5, 0.6) is 5.75 Å². The maximum Gasteiger partial charge on any atom is 0.119 e. The summed E-state index contributed by atoms with van der Waals surface area (Å²) in [6.45, 7) is 4.04. The summed E-state index contributed by atoms with van der Waals surface area (Å²) < 4.78 is 5.24. The number of ether oxygens (including phenoxy) is 1. The zero-order chi connectivity index (χ0) is 13.2. The molecule has 2 rings (SSSR count). The normalized spacial score (nSPS) is 14.0. The van der Waals surface area contributed by atoms with Crippen molar-refractivity contribution >= 4 is 0 Å². The zero-order valence-corrected chi connectivity index (χ0v) is 11.0. The van der Waals surface area contributed by atoms with Crippen molar-refractivity contribution in [3.63, 3.8) is 0 Å². The Bertz CT molecular complexity index is 550. The minimum Gasteiger partial charge on any atom is -0.497 e. The topological polar surface area (TPSA) is 48.1 Å². The van der Waals surface area contributed by atoms with Gasteiger partial charge in [0.2, 0.25) is 0 Å². The molecule has 18 heavy (non-hydrogen) atoms. The van der Waals surface area contributed by atoms with Crippen LogP contribution in [0.4, 0.5) is 0 Å². The van der Waals surface area contributed by atoms with Gasteiger partial charge in [-0.1, -0.05) is 12.1 Å². The van der Waals surface area contributed by atoms with E-state index in [1.54, 1.807) is 13.3 Å². The van der Waals surface area contributed by atoms with Crippen LogP contribution in [0.1, 0.15) is 23.6 Å². The van der Waals surface area contributed by atoms with Crippen LogP contribution in [0.2, 0.25) is 0 Å². The smallest absolute Gasteiger partial charge is 0.119 e. The molecular weight excluding hydrogens is 224 g/mol. The molecule has 0 aliphatic carbocycles. The average molecular weight is 242 g/mol. The Kier molecular flexibility index (Phi) is 3.34. The molecule has 0 saturated carbocycles. The standard InChI is InChI=1S/C15H18N2O/c1-11-7-8-17-10-14(11)15(2,16)12-5-4-6-13(9-12)18-3/h4-10H,16H2,1-3H3. The van der Waals surface area contributed by atoms with Gasteiger partial charge >= 0.3 is 0 Å². The Morgan fingerprint density at radius 3 is 2.72 bits per heavy atom. The van der Waals surface area contributed by atoms with Gasteiger partial charge in [-0.3, -0.25) is 4.98 Å². The molecule has 1 heterocycles. The molecule has 2 N–H and O–H groups in total.